The first-order valence-electron chi connectivity index (χ1n) is 7.01. The molecular formula is C17H25BrN2. The van der Waals surface area contributed by atoms with Gasteiger partial charge in [-0.3, -0.25) is 0 Å². The van der Waals surface area contributed by atoms with Gasteiger partial charge >= 0.3 is 0 Å². The Kier molecular flexibility index (Phi) is 6.00. The lowest BCUT2D eigenvalue weighted by atomic mass is 9.94. The Labute approximate surface area is 133 Å². The van der Waals surface area contributed by atoms with Gasteiger partial charge in [-0.2, -0.15) is 0 Å². The van der Waals surface area contributed by atoms with Gasteiger partial charge in [-0.05, 0) is 5.56 Å². The van der Waals surface area contributed by atoms with Crippen LogP contribution in [0.1, 0.15) is 25.8 Å². The molecule has 0 saturated carbocycles. The van der Waals surface area contributed by atoms with E-state index in [2.05, 4.69) is 80.0 Å². The first-order chi connectivity index (χ1) is 8.99. The van der Waals surface area contributed by atoms with Crippen molar-refractivity contribution in [3.63, 3.8) is 0 Å². The van der Waals surface area contributed by atoms with Gasteiger partial charge in [0.2, 0.25) is 0 Å². The summed E-state index contributed by atoms with van der Waals surface area (Å²) in [5.41, 5.74) is 3.01. The van der Waals surface area contributed by atoms with Crippen molar-refractivity contribution < 1.29 is 21.6 Å². The van der Waals surface area contributed by atoms with E-state index < -0.39 is 0 Å². The number of halogens is 1. The van der Waals surface area contributed by atoms with Crippen molar-refractivity contribution in [2.24, 2.45) is 0 Å². The molecule has 0 atom stereocenters. The summed E-state index contributed by atoms with van der Waals surface area (Å²) in [5.74, 6) is 0. The summed E-state index contributed by atoms with van der Waals surface area (Å²) >= 11 is 0. The number of hydrogen-bond acceptors (Lipinski definition) is 1. The molecule has 1 aliphatic heterocycles. The van der Waals surface area contributed by atoms with Crippen molar-refractivity contribution in [3.05, 3.63) is 47.7 Å². The van der Waals surface area contributed by atoms with Crippen LogP contribution in [0.15, 0.2) is 42.1 Å². The highest BCUT2D eigenvalue weighted by Crippen LogP contribution is 2.24. The standard InChI is InChI=1S/C17H25N2.BrH/c1-17(2)14-16(18(3)4)11-13-19(17)12-10-15-8-6-5-7-9-15;/h5-9,11,13H,10,12,14H2,1-4H3;1H/q+1;/p-1. The van der Waals surface area contributed by atoms with E-state index in [0.717, 1.165) is 19.4 Å². The fourth-order valence-corrected chi connectivity index (χ4v) is 2.56. The van der Waals surface area contributed by atoms with Gasteiger partial charge in [0.25, 0.3) is 0 Å². The second kappa shape index (κ2) is 7.07. The van der Waals surface area contributed by atoms with Crippen molar-refractivity contribution in [1.82, 2.24) is 4.90 Å². The summed E-state index contributed by atoms with van der Waals surface area (Å²) in [6, 6.07) is 10.7. The summed E-state index contributed by atoms with van der Waals surface area (Å²) in [4.78, 5) is 2.22. The van der Waals surface area contributed by atoms with Crippen LogP contribution in [0.25, 0.3) is 0 Å². The van der Waals surface area contributed by atoms with E-state index in [1.807, 2.05) is 0 Å². The van der Waals surface area contributed by atoms with Crippen LogP contribution in [0.3, 0.4) is 0 Å². The fraction of sp³-hybridized carbons (Fsp3) is 0.471. The highest BCUT2D eigenvalue weighted by Gasteiger charge is 2.33. The maximum Gasteiger partial charge on any atom is 0.165 e. The third kappa shape index (κ3) is 4.20. The van der Waals surface area contributed by atoms with E-state index in [0.29, 0.717) is 0 Å². The number of rotatable bonds is 4. The number of allylic oxidation sites excluding steroid dienone is 1. The van der Waals surface area contributed by atoms with E-state index in [-0.39, 0.29) is 22.5 Å². The molecule has 0 radical (unpaired) electrons. The third-order valence-electron chi connectivity index (χ3n) is 3.90. The van der Waals surface area contributed by atoms with Crippen LogP contribution >= 0.6 is 0 Å². The predicted molar refractivity (Wildman–Crippen MR) is 81.8 cm³/mol. The molecule has 1 aromatic carbocycles. The zero-order valence-corrected chi connectivity index (χ0v) is 14.5. The summed E-state index contributed by atoms with van der Waals surface area (Å²) < 4.78 is 2.47. The van der Waals surface area contributed by atoms with Gasteiger partial charge in [0.05, 0.1) is 6.42 Å². The average Bonchev–Trinajstić information content (AvgIpc) is 2.37. The minimum Gasteiger partial charge on any atom is -1.00 e. The van der Waals surface area contributed by atoms with Gasteiger partial charge in [-0.1, -0.05) is 30.3 Å². The van der Waals surface area contributed by atoms with Gasteiger partial charge in [0.1, 0.15) is 6.54 Å². The summed E-state index contributed by atoms with van der Waals surface area (Å²) in [7, 11) is 4.24. The number of hydrogen-bond donors (Lipinski definition) is 0. The highest BCUT2D eigenvalue weighted by atomic mass is 79.9. The topological polar surface area (TPSA) is 6.25 Å². The molecule has 0 spiro atoms. The zero-order valence-electron chi connectivity index (χ0n) is 12.9. The van der Waals surface area contributed by atoms with Crippen LogP contribution in [0.2, 0.25) is 0 Å². The predicted octanol–water partition coefficient (Wildman–Crippen LogP) is -0.0558. The normalized spacial score (nSPS) is 16.8. The summed E-state index contributed by atoms with van der Waals surface area (Å²) in [6.45, 7) is 5.73. The molecule has 1 aromatic rings. The van der Waals surface area contributed by atoms with Crippen molar-refractivity contribution in [2.75, 3.05) is 20.6 Å². The lowest BCUT2D eigenvalue weighted by Crippen LogP contribution is -3.00. The van der Waals surface area contributed by atoms with Crippen LogP contribution in [0, 0.1) is 0 Å². The van der Waals surface area contributed by atoms with Gasteiger partial charge in [0.15, 0.2) is 11.8 Å². The monoisotopic (exact) mass is 336 g/mol. The van der Waals surface area contributed by atoms with Crippen molar-refractivity contribution >= 4 is 6.21 Å². The maximum atomic E-state index is 2.47. The molecule has 20 heavy (non-hydrogen) atoms. The van der Waals surface area contributed by atoms with Gasteiger partial charge in [-0.15, -0.1) is 0 Å². The smallest absolute Gasteiger partial charge is 0.165 e. The molecule has 0 N–H and O–H groups in total. The Bertz CT molecular complexity index is 487. The summed E-state index contributed by atoms with van der Waals surface area (Å²) in [5, 5.41) is 0. The molecular weight excluding hydrogens is 312 g/mol. The lowest BCUT2D eigenvalue weighted by molar-refractivity contribution is -0.597. The molecule has 0 bridgehead atoms. The number of benzene rings is 1. The second-order valence-corrected chi connectivity index (χ2v) is 6.12. The summed E-state index contributed by atoms with van der Waals surface area (Å²) in [6.07, 6.45) is 6.70. The Balaban J connectivity index is 0.00000200. The molecule has 0 aromatic heterocycles. The van der Waals surface area contributed by atoms with Gasteiger partial charge < -0.3 is 21.9 Å². The van der Waals surface area contributed by atoms with Gasteiger partial charge in [0, 0.05) is 46.1 Å². The lowest BCUT2D eigenvalue weighted by Gasteiger charge is -2.30. The van der Waals surface area contributed by atoms with Crippen LogP contribution in [-0.2, 0) is 6.42 Å². The highest BCUT2D eigenvalue weighted by molar-refractivity contribution is 5.68. The Hall–Kier alpha value is -1.09. The molecule has 0 saturated heterocycles. The van der Waals surface area contributed by atoms with Crippen LogP contribution in [0.4, 0.5) is 0 Å². The molecule has 0 amide bonds. The first kappa shape index (κ1) is 17.0. The molecule has 110 valence electrons. The Morgan fingerprint density at radius 3 is 2.35 bits per heavy atom. The minimum absolute atomic E-state index is 0. The molecule has 3 heteroatoms. The van der Waals surface area contributed by atoms with Crippen molar-refractivity contribution in [1.29, 1.82) is 0 Å². The van der Waals surface area contributed by atoms with Gasteiger partial charge in [-0.25, -0.2) is 4.58 Å². The van der Waals surface area contributed by atoms with E-state index in [1.165, 1.54) is 11.3 Å². The zero-order chi connectivity index (χ0) is 13.9. The minimum atomic E-state index is 0. The first-order valence-corrected chi connectivity index (χ1v) is 7.01. The third-order valence-corrected chi connectivity index (χ3v) is 3.90. The van der Waals surface area contributed by atoms with Crippen LogP contribution < -0.4 is 17.0 Å². The average molecular weight is 337 g/mol. The van der Waals surface area contributed by atoms with Crippen LogP contribution in [0.5, 0.6) is 0 Å². The molecule has 1 heterocycles. The van der Waals surface area contributed by atoms with E-state index in [9.17, 15) is 0 Å². The van der Waals surface area contributed by atoms with E-state index >= 15 is 0 Å². The SMILES string of the molecule is CN(C)C1=CC=[N+](CCc2ccccc2)C(C)(C)C1.[Br-]. The maximum absolute atomic E-state index is 2.47. The van der Waals surface area contributed by atoms with E-state index in [4.69, 9.17) is 0 Å². The largest absolute Gasteiger partial charge is 1.00 e. The molecule has 2 nitrogen and oxygen atoms in total. The second-order valence-electron chi connectivity index (χ2n) is 6.12. The van der Waals surface area contributed by atoms with Crippen molar-refractivity contribution in [2.45, 2.75) is 32.2 Å². The Morgan fingerprint density at radius 2 is 1.80 bits per heavy atom. The van der Waals surface area contributed by atoms with Crippen LogP contribution in [-0.4, -0.2) is 41.9 Å². The molecule has 0 unspecified atom stereocenters. The quantitative estimate of drug-likeness (QED) is 0.698. The Morgan fingerprint density at radius 1 is 1.15 bits per heavy atom. The van der Waals surface area contributed by atoms with Crippen molar-refractivity contribution in [3.8, 4) is 0 Å². The molecule has 0 fully saturated rings. The number of nitrogens with zero attached hydrogens (tertiary/aromatic N) is 2. The molecule has 1 aliphatic rings. The van der Waals surface area contributed by atoms with E-state index in [1.54, 1.807) is 0 Å². The molecule has 0 aliphatic carbocycles. The fourth-order valence-electron chi connectivity index (χ4n) is 2.56. The molecule has 2 rings (SSSR count).